The van der Waals surface area contributed by atoms with Gasteiger partial charge in [-0.25, -0.2) is 4.98 Å². The molecule has 0 aromatic carbocycles. The smallest absolute Gasteiger partial charge is 0.163 e. The molecule has 2 aromatic heterocycles. The molecule has 0 unspecified atom stereocenters. The van der Waals surface area contributed by atoms with E-state index in [9.17, 15) is 4.79 Å². The van der Waals surface area contributed by atoms with Crippen LogP contribution in [0.4, 0.5) is 5.82 Å². The Morgan fingerprint density at radius 2 is 1.95 bits per heavy atom. The summed E-state index contributed by atoms with van der Waals surface area (Å²) in [4.78, 5) is 21.9. The average Bonchev–Trinajstić information content (AvgIpc) is 2.46. The zero-order valence-electron chi connectivity index (χ0n) is 11.2. The number of hydrogen-bond acceptors (Lipinski definition) is 4. The molecule has 0 aliphatic carbocycles. The van der Waals surface area contributed by atoms with Crippen LogP contribution in [0.3, 0.4) is 0 Å². The fraction of sp³-hybridized carbons (Fsp3) is 0.267. The number of carbonyl (C=O) groups is 1. The van der Waals surface area contributed by atoms with Crippen molar-refractivity contribution in [2.75, 3.05) is 18.5 Å². The van der Waals surface area contributed by atoms with Crippen molar-refractivity contribution in [3.8, 4) is 0 Å². The Morgan fingerprint density at radius 3 is 2.63 bits per heavy atom. The van der Waals surface area contributed by atoms with Crippen LogP contribution >= 0.6 is 0 Å². The number of pyridine rings is 2. The minimum Gasteiger partial charge on any atom is -0.359 e. The van der Waals surface area contributed by atoms with Crippen molar-refractivity contribution < 1.29 is 4.79 Å². The van der Waals surface area contributed by atoms with Crippen molar-refractivity contribution in [1.82, 2.24) is 9.97 Å². The molecule has 0 spiro atoms. The highest BCUT2D eigenvalue weighted by Gasteiger charge is 2.11. The molecule has 0 saturated heterocycles. The van der Waals surface area contributed by atoms with Crippen molar-refractivity contribution >= 4 is 11.6 Å². The van der Waals surface area contributed by atoms with Crippen LogP contribution in [0.1, 0.15) is 22.8 Å². The van der Waals surface area contributed by atoms with Crippen molar-refractivity contribution in [2.45, 2.75) is 13.3 Å². The fourth-order valence-electron chi connectivity index (χ4n) is 1.93. The predicted octanol–water partition coefficient (Wildman–Crippen LogP) is 2.36. The molecule has 0 amide bonds. The second-order valence-corrected chi connectivity index (χ2v) is 4.46. The molecule has 0 fully saturated rings. The van der Waals surface area contributed by atoms with Gasteiger partial charge in [-0.1, -0.05) is 0 Å². The topological polar surface area (TPSA) is 46.1 Å². The van der Waals surface area contributed by atoms with Gasteiger partial charge in [0.15, 0.2) is 5.78 Å². The standard InChI is InChI=1S/C15H17N3O/c1-12(19)14-4-3-8-17-15(14)18(2)11-7-13-5-9-16-10-6-13/h3-6,8-10H,7,11H2,1-2H3. The normalized spacial score (nSPS) is 10.2. The Balaban J connectivity index is 2.08. The van der Waals surface area contributed by atoms with Crippen molar-refractivity contribution in [2.24, 2.45) is 0 Å². The van der Waals surface area contributed by atoms with E-state index in [0.717, 1.165) is 18.8 Å². The Labute approximate surface area is 113 Å². The van der Waals surface area contributed by atoms with E-state index in [0.29, 0.717) is 5.56 Å². The summed E-state index contributed by atoms with van der Waals surface area (Å²) >= 11 is 0. The monoisotopic (exact) mass is 255 g/mol. The Kier molecular flexibility index (Phi) is 4.23. The van der Waals surface area contributed by atoms with Gasteiger partial charge in [-0.3, -0.25) is 9.78 Å². The summed E-state index contributed by atoms with van der Waals surface area (Å²) in [5.41, 5.74) is 1.89. The van der Waals surface area contributed by atoms with Gasteiger partial charge in [0.05, 0.1) is 5.56 Å². The van der Waals surface area contributed by atoms with Gasteiger partial charge in [0, 0.05) is 32.2 Å². The molecule has 0 aliphatic heterocycles. The number of carbonyl (C=O) groups excluding carboxylic acids is 1. The lowest BCUT2D eigenvalue weighted by Gasteiger charge is -2.20. The van der Waals surface area contributed by atoms with Crippen LogP contribution in [0.25, 0.3) is 0 Å². The Morgan fingerprint density at radius 1 is 1.21 bits per heavy atom. The third kappa shape index (κ3) is 3.37. The van der Waals surface area contributed by atoms with Gasteiger partial charge < -0.3 is 4.90 Å². The van der Waals surface area contributed by atoms with Crippen LogP contribution in [-0.2, 0) is 6.42 Å². The van der Waals surface area contributed by atoms with Gasteiger partial charge in [-0.15, -0.1) is 0 Å². The third-order valence-electron chi connectivity index (χ3n) is 3.01. The number of nitrogens with zero attached hydrogens (tertiary/aromatic N) is 3. The van der Waals surface area contributed by atoms with Crippen LogP contribution in [-0.4, -0.2) is 29.3 Å². The predicted molar refractivity (Wildman–Crippen MR) is 75.5 cm³/mol. The molecule has 0 atom stereocenters. The minimum absolute atomic E-state index is 0.0406. The molecule has 2 rings (SSSR count). The van der Waals surface area contributed by atoms with Crippen LogP contribution in [0, 0.1) is 0 Å². The Bertz CT molecular complexity index is 554. The molecular weight excluding hydrogens is 238 g/mol. The maximum absolute atomic E-state index is 11.6. The van der Waals surface area contributed by atoms with E-state index in [-0.39, 0.29) is 5.78 Å². The number of likely N-dealkylation sites (N-methyl/N-ethyl adjacent to an activating group) is 1. The number of ketones is 1. The number of aromatic nitrogens is 2. The average molecular weight is 255 g/mol. The van der Waals surface area contributed by atoms with Crippen LogP contribution in [0.15, 0.2) is 42.9 Å². The van der Waals surface area contributed by atoms with Crippen LogP contribution < -0.4 is 4.90 Å². The number of rotatable bonds is 5. The number of Topliss-reactive ketones (excluding diaryl/α,β-unsaturated/α-hetero) is 1. The number of hydrogen-bond donors (Lipinski definition) is 0. The molecule has 2 heterocycles. The van der Waals surface area contributed by atoms with Gasteiger partial charge in [-0.2, -0.15) is 0 Å². The molecule has 0 aliphatic rings. The highest BCUT2D eigenvalue weighted by Crippen LogP contribution is 2.16. The van der Waals surface area contributed by atoms with Crippen LogP contribution in [0.2, 0.25) is 0 Å². The van der Waals surface area contributed by atoms with Gasteiger partial charge in [-0.05, 0) is 43.2 Å². The lowest BCUT2D eigenvalue weighted by Crippen LogP contribution is -2.23. The van der Waals surface area contributed by atoms with E-state index in [2.05, 4.69) is 9.97 Å². The summed E-state index contributed by atoms with van der Waals surface area (Å²) in [6, 6.07) is 7.60. The molecule has 19 heavy (non-hydrogen) atoms. The molecule has 2 aromatic rings. The summed E-state index contributed by atoms with van der Waals surface area (Å²) in [5.74, 6) is 0.780. The zero-order valence-corrected chi connectivity index (χ0v) is 11.2. The van der Waals surface area contributed by atoms with E-state index in [1.807, 2.05) is 30.1 Å². The van der Waals surface area contributed by atoms with Crippen molar-refractivity contribution in [3.63, 3.8) is 0 Å². The lowest BCUT2D eigenvalue weighted by molar-refractivity contribution is 0.101. The van der Waals surface area contributed by atoms with E-state index in [1.54, 1.807) is 31.6 Å². The second kappa shape index (κ2) is 6.09. The van der Waals surface area contributed by atoms with Crippen molar-refractivity contribution in [1.29, 1.82) is 0 Å². The molecule has 0 bridgehead atoms. The first kappa shape index (κ1) is 13.2. The summed E-state index contributed by atoms with van der Waals surface area (Å²) < 4.78 is 0. The number of anilines is 1. The first-order valence-electron chi connectivity index (χ1n) is 6.24. The summed E-state index contributed by atoms with van der Waals surface area (Å²) in [5, 5.41) is 0. The van der Waals surface area contributed by atoms with Gasteiger partial charge in [0.2, 0.25) is 0 Å². The van der Waals surface area contributed by atoms with E-state index in [1.165, 1.54) is 5.56 Å². The SMILES string of the molecule is CC(=O)c1cccnc1N(C)CCc1ccncc1. The maximum atomic E-state index is 11.6. The summed E-state index contributed by atoms with van der Waals surface area (Å²) in [7, 11) is 1.95. The molecule has 98 valence electrons. The summed E-state index contributed by atoms with van der Waals surface area (Å²) in [6.45, 7) is 2.37. The zero-order chi connectivity index (χ0) is 13.7. The molecule has 4 heteroatoms. The molecular formula is C15H17N3O. The molecule has 0 radical (unpaired) electrons. The third-order valence-corrected chi connectivity index (χ3v) is 3.01. The molecule has 0 saturated carbocycles. The highest BCUT2D eigenvalue weighted by molar-refractivity contribution is 5.98. The largest absolute Gasteiger partial charge is 0.359 e. The van der Waals surface area contributed by atoms with Crippen LogP contribution in [0.5, 0.6) is 0 Å². The first-order valence-corrected chi connectivity index (χ1v) is 6.24. The maximum Gasteiger partial charge on any atom is 0.163 e. The van der Waals surface area contributed by atoms with Gasteiger partial charge in [0.25, 0.3) is 0 Å². The van der Waals surface area contributed by atoms with E-state index >= 15 is 0 Å². The Hall–Kier alpha value is -2.23. The minimum atomic E-state index is 0.0406. The fourth-order valence-corrected chi connectivity index (χ4v) is 1.93. The molecule has 4 nitrogen and oxygen atoms in total. The second-order valence-electron chi connectivity index (χ2n) is 4.46. The van der Waals surface area contributed by atoms with Gasteiger partial charge in [0.1, 0.15) is 5.82 Å². The van der Waals surface area contributed by atoms with E-state index in [4.69, 9.17) is 0 Å². The van der Waals surface area contributed by atoms with Crippen molar-refractivity contribution in [3.05, 3.63) is 54.0 Å². The highest BCUT2D eigenvalue weighted by atomic mass is 16.1. The van der Waals surface area contributed by atoms with E-state index < -0.39 is 0 Å². The quantitative estimate of drug-likeness (QED) is 0.769. The first-order chi connectivity index (χ1) is 9.18. The van der Waals surface area contributed by atoms with Gasteiger partial charge >= 0.3 is 0 Å². The molecule has 0 N–H and O–H groups in total. The summed E-state index contributed by atoms with van der Waals surface area (Å²) in [6.07, 6.45) is 6.19. The lowest BCUT2D eigenvalue weighted by atomic mass is 10.1.